The van der Waals surface area contributed by atoms with Crippen LogP contribution in [-0.2, 0) is 11.3 Å². The molecule has 0 aliphatic rings. The van der Waals surface area contributed by atoms with Crippen molar-refractivity contribution >= 4 is 17.6 Å². The minimum atomic E-state index is -0.276. The zero-order chi connectivity index (χ0) is 18.2. The van der Waals surface area contributed by atoms with E-state index in [0.717, 1.165) is 17.5 Å². The first-order valence-electron chi connectivity index (χ1n) is 8.28. The zero-order valence-corrected chi connectivity index (χ0v) is 14.8. The number of urea groups is 1. The number of aromatic nitrogens is 1. The van der Waals surface area contributed by atoms with Crippen LogP contribution in [0.1, 0.15) is 37.4 Å². The monoisotopic (exact) mass is 340 g/mol. The maximum atomic E-state index is 12.4. The summed E-state index contributed by atoms with van der Waals surface area (Å²) in [6, 6.07) is 10.9. The number of hydrogen-bond acceptors (Lipinski definition) is 3. The fourth-order valence-electron chi connectivity index (χ4n) is 2.48. The minimum Gasteiger partial charge on any atom is -0.342 e. The van der Waals surface area contributed by atoms with Crippen molar-refractivity contribution in [2.75, 3.05) is 12.4 Å². The van der Waals surface area contributed by atoms with Crippen molar-refractivity contribution in [1.82, 2.24) is 15.2 Å². The van der Waals surface area contributed by atoms with Gasteiger partial charge in [-0.25, -0.2) is 4.79 Å². The quantitative estimate of drug-likeness (QED) is 0.847. The second-order valence-electron chi connectivity index (χ2n) is 5.87. The third-order valence-electron chi connectivity index (χ3n) is 4.03. The first-order chi connectivity index (χ1) is 12.0. The zero-order valence-electron chi connectivity index (χ0n) is 14.8. The van der Waals surface area contributed by atoms with E-state index >= 15 is 0 Å². The Morgan fingerprint density at radius 3 is 2.48 bits per heavy atom. The van der Waals surface area contributed by atoms with Crippen LogP contribution in [0.2, 0.25) is 0 Å². The molecule has 0 unspecified atom stereocenters. The molecular weight excluding hydrogens is 316 g/mol. The number of nitrogens with one attached hydrogen (secondary N) is 2. The Balaban J connectivity index is 2.06. The molecule has 1 aromatic heterocycles. The van der Waals surface area contributed by atoms with Crippen LogP contribution in [0.3, 0.4) is 0 Å². The molecule has 2 rings (SSSR count). The van der Waals surface area contributed by atoms with E-state index < -0.39 is 0 Å². The average molecular weight is 340 g/mol. The third-order valence-corrected chi connectivity index (χ3v) is 4.03. The van der Waals surface area contributed by atoms with Crippen molar-refractivity contribution < 1.29 is 9.59 Å². The van der Waals surface area contributed by atoms with Gasteiger partial charge in [0, 0.05) is 38.6 Å². The molecule has 3 amide bonds. The Morgan fingerprint density at radius 2 is 1.84 bits per heavy atom. The highest BCUT2D eigenvalue weighted by atomic mass is 16.2. The smallest absolute Gasteiger partial charge is 0.319 e. The van der Waals surface area contributed by atoms with Crippen LogP contribution < -0.4 is 10.6 Å². The van der Waals surface area contributed by atoms with E-state index in [9.17, 15) is 9.59 Å². The predicted molar refractivity (Wildman–Crippen MR) is 98.0 cm³/mol. The van der Waals surface area contributed by atoms with Gasteiger partial charge >= 0.3 is 6.03 Å². The standard InChI is InChI=1S/C19H24N4O2/c1-4-17(15-9-11-20-12-10-15)21-19(25)22-18-8-6-5-7-16(18)13-23(3)14(2)24/h5-12,17H,4,13H2,1-3H3,(H2,21,22,25)/t17-/m1/s1. The molecule has 0 aliphatic heterocycles. The largest absolute Gasteiger partial charge is 0.342 e. The Labute approximate surface area is 148 Å². The Morgan fingerprint density at radius 1 is 1.16 bits per heavy atom. The molecule has 0 fully saturated rings. The van der Waals surface area contributed by atoms with Gasteiger partial charge in [-0.15, -0.1) is 0 Å². The molecule has 0 spiro atoms. The Bertz CT molecular complexity index is 718. The van der Waals surface area contributed by atoms with Crippen LogP contribution in [0.4, 0.5) is 10.5 Å². The SMILES string of the molecule is CC[C@@H](NC(=O)Nc1ccccc1CN(C)C(C)=O)c1ccncc1. The number of benzene rings is 1. The first kappa shape index (κ1) is 18.4. The van der Waals surface area contributed by atoms with Gasteiger partial charge in [-0.05, 0) is 35.7 Å². The summed E-state index contributed by atoms with van der Waals surface area (Å²) in [5.41, 5.74) is 2.59. The lowest BCUT2D eigenvalue weighted by Crippen LogP contribution is -2.33. The Kier molecular flexibility index (Phi) is 6.51. The van der Waals surface area contributed by atoms with Gasteiger partial charge in [0.2, 0.25) is 5.91 Å². The molecule has 6 nitrogen and oxygen atoms in total. The molecule has 1 atom stereocenters. The third kappa shape index (κ3) is 5.31. The van der Waals surface area contributed by atoms with Gasteiger partial charge in [0.05, 0.1) is 6.04 Å². The number of carbonyl (C=O) groups excluding carboxylic acids is 2. The summed E-state index contributed by atoms with van der Waals surface area (Å²) in [4.78, 5) is 29.5. The highest BCUT2D eigenvalue weighted by molar-refractivity contribution is 5.90. The molecule has 2 aromatic rings. The summed E-state index contributed by atoms with van der Waals surface area (Å²) in [7, 11) is 1.73. The highest BCUT2D eigenvalue weighted by Crippen LogP contribution is 2.19. The van der Waals surface area contributed by atoms with E-state index in [1.54, 1.807) is 24.3 Å². The lowest BCUT2D eigenvalue weighted by molar-refractivity contribution is -0.128. The Hall–Kier alpha value is -2.89. The van der Waals surface area contributed by atoms with Crippen LogP contribution in [0, 0.1) is 0 Å². The molecule has 132 valence electrons. The highest BCUT2D eigenvalue weighted by Gasteiger charge is 2.14. The van der Waals surface area contributed by atoms with Gasteiger partial charge in [0.15, 0.2) is 0 Å². The van der Waals surface area contributed by atoms with Crippen molar-refractivity contribution in [3.8, 4) is 0 Å². The number of para-hydroxylation sites is 1. The van der Waals surface area contributed by atoms with E-state index in [2.05, 4.69) is 15.6 Å². The number of pyridine rings is 1. The minimum absolute atomic E-state index is 0.0250. The summed E-state index contributed by atoms with van der Waals surface area (Å²) >= 11 is 0. The van der Waals surface area contributed by atoms with E-state index in [-0.39, 0.29) is 18.0 Å². The van der Waals surface area contributed by atoms with Crippen LogP contribution in [0.5, 0.6) is 0 Å². The van der Waals surface area contributed by atoms with E-state index in [0.29, 0.717) is 12.2 Å². The number of anilines is 1. The fraction of sp³-hybridized carbons (Fsp3) is 0.316. The normalized spacial score (nSPS) is 11.5. The molecule has 2 N–H and O–H groups in total. The lowest BCUT2D eigenvalue weighted by Gasteiger charge is -2.20. The van der Waals surface area contributed by atoms with E-state index in [1.807, 2.05) is 43.3 Å². The summed E-state index contributed by atoms with van der Waals surface area (Å²) in [5.74, 6) is -0.0250. The molecular formula is C19H24N4O2. The number of amides is 3. The molecule has 1 aromatic carbocycles. The second-order valence-corrected chi connectivity index (χ2v) is 5.87. The van der Waals surface area contributed by atoms with Crippen LogP contribution in [-0.4, -0.2) is 28.9 Å². The molecule has 0 bridgehead atoms. The van der Waals surface area contributed by atoms with Crippen LogP contribution >= 0.6 is 0 Å². The molecule has 0 saturated carbocycles. The van der Waals surface area contributed by atoms with Gasteiger partial charge in [0.1, 0.15) is 0 Å². The topological polar surface area (TPSA) is 74.3 Å². The molecule has 0 radical (unpaired) electrons. The van der Waals surface area contributed by atoms with Gasteiger partial charge in [-0.1, -0.05) is 25.1 Å². The number of hydrogen-bond donors (Lipinski definition) is 2. The van der Waals surface area contributed by atoms with Gasteiger partial charge in [-0.2, -0.15) is 0 Å². The van der Waals surface area contributed by atoms with Crippen molar-refractivity contribution in [2.45, 2.75) is 32.9 Å². The summed E-state index contributed by atoms with van der Waals surface area (Å²) in [5, 5.41) is 5.86. The maximum Gasteiger partial charge on any atom is 0.319 e. The lowest BCUT2D eigenvalue weighted by atomic mass is 10.1. The van der Waals surface area contributed by atoms with Crippen LogP contribution in [0.25, 0.3) is 0 Å². The molecule has 25 heavy (non-hydrogen) atoms. The average Bonchev–Trinajstić information content (AvgIpc) is 2.62. The van der Waals surface area contributed by atoms with Crippen molar-refractivity contribution in [2.24, 2.45) is 0 Å². The maximum absolute atomic E-state index is 12.4. The van der Waals surface area contributed by atoms with Gasteiger partial charge < -0.3 is 15.5 Å². The number of carbonyl (C=O) groups is 2. The summed E-state index contributed by atoms with van der Waals surface area (Å²) in [6.45, 7) is 3.97. The molecule has 6 heteroatoms. The van der Waals surface area contributed by atoms with E-state index in [4.69, 9.17) is 0 Å². The second kappa shape index (κ2) is 8.82. The summed E-state index contributed by atoms with van der Waals surface area (Å²) < 4.78 is 0. The van der Waals surface area contributed by atoms with E-state index in [1.165, 1.54) is 6.92 Å². The summed E-state index contributed by atoms with van der Waals surface area (Å²) in [6.07, 6.45) is 4.20. The molecule has 0 saturated heterocycles. The first-order valence-corrected chi connectivity index (χ1v) is 8.28. The predicted octanol–water partition coefficient (Wildman–Crippen LogP) is 3.33. The number of nitrogens with zero attached hydrogens (tertiary/aromatic N) is 2. The van der Waals surface area contributed by atoms with Crippen molar-refractivity contribution in [3.05, 3.63) is 59.9 Å². The van der Waals surface area contributed by atoms with Crippen LogP contribution in [0.15, 0.2) is 48.8 Å². The van der Waals surface area contributed by atoms with Crippen molar-refractivity contribution in [3.63, 3.8) is 0 Å². The van der Waals surface area contributed by atoms with Gasteiger partial charge in [0.25, 0.3) is 0 Å². The fourth-order valence-corrected chi connectivity index (χ4v) is 2.48. The van der Waals surface area contributed by atoms with Gasteiger partial charge in [-0.3, -0.25) is 9.78 Å². The number of rotatable bonds is 6. The van der Waals surface area contributed by atoms with Crippen molar-refractivity contribution in [1.29, 1.82) is 0 Å². The molecule has 0 aliphatic carbocycles. The molecule has 1 heterocycles.